The van der Waals surface area contributed by atoms with Gasteiger partial charge in [0.25, 0.3) is 5.89 Å². The smallest absolute Gasteiger partial charge is 0.330 e. The largest absolute Gasteiger partial charge is 0.334 e. The second kappa shape index (κ2) is 6.07. The number of hydrogen-bond acceptors (Lipinski definition) is 5. The van der Waals surface area contributed by atoms with Crippen molar-refractivity contribution >= 4 is 0 Å². The summed E-state index contributed by atoms with van der Waals surface area (Å²) >= 11 is 0. The van der Waals surface area contributed by atoms with Gasteiger partial charge in [-0.15, -0.1) is 0 Å². The number of nitrogens with one attached hydrogen (secondary N) is 1. The Morgan fingerprint density at radius 3 is 2.85 bits per heavy atom. The number of aromatic amines is 1. The average Bonchev–Trinajstić information content (AvgIpc) is 3.24. The van der Waals surface area contributed by atoms with Crippen LogP contribution in [0.4, 0.5) is 4.39 Å². The summed E-state index contributed by atoms with van der Waals surface area (Å²) in [5, 5.41) is 3.98. The minimum absolute atomic E-state index is 0.208. The molecule has 1 aromatic carbocycles. The van der Waals surface area contributed by atoms with Crippen LogP contribution >= 0.6 is 0 Å². The van der Waals surface area contributed by atoms with E-state index in [0.29, 0.717) is 22.6 Å². The van der Waals surface area contributed by atoms with Crippen LogP contribution in [-0.4, -0.2) is 24.7 Å². The first-order valence-corrected chi connectivity index (χ1v) is 7.87. The molecule has 0 saturated heterocycles. The summed E-state index contributed by atoms with van der Waals surface area (Å²) in [6.45, 7) is 3.62. The highest BCUT2D eigenvalue weighted by atomic mass is 19.1. The lowest BCUT2D eigenvalue weighted by molar-refractivity contribution is 0.431. The van der Waals surface area contributed by atoms with E-state index in [1.54, 1.807) is 29.8 Å². The molecule has 130 valence electrons. The molecular weight excluding hydrogens is 337 g/mol. The van der Waals surface area contributed by atoms with Gasteiger partial charge in [0.15, 0.2) is 0 Å². The van der Waals surface area contributed by atoms with Crippen LogP contribution in [0.25, 0.3) is 28.5 Å². The lowest BCUT2D eigenvalue weighted by atomic mass is 10.1. The molecule has 0 aliphatic heterocycles. The van der Waals surface area contributed by atoms with Gasteiger partial charge in [-0.25, -0.2) is 9.78 Å². The number of nitrogens with zero attached hydrogens (tertiary/aromatic N) is 4. The van der Waals surface area contributed by atoms with E-state index in [0.717, 1.165) is 11.3 Å². The topological polar surface area (TPSA) is 89.6 Å². The van der Waals surface area contributed by atoms with Gasteiger partial charge in [-0.3, -0.25) is 4.57 Å². The molecular formula is C18H14FN5O2. The number of rotatable bonds is 3. The third-order valence-electron chi connectivity index (χ3n) is 4.05. The predicted octanol–water partition coefficient (Wildman–Crippen LogP) is 3.03. The van der Waals surface area contributed by atoms with Gasteiger partial charge >= 0.3 is 5.69 Å². The minimum atomic E-state index is -0.616. The van der Waals surface area contributed by atoms with E-state index >= 15 is 0 Å². The van der Waals surface area contributed by atoms with E-state index in [1.807, 2.05) is 19.1 Å². The standard InChI is InChI=1S/C18H14FN5O2/c1-10-8-20-15(19)7-14(10)17-22-16(23-26-17)12-4-3-5-13(6-12)24-11(2)9-21-18(24)25/h3-9H,1-2H3,(H,21,25). The quantitative estimate of drug-likeness (QED) is 0.573. The van der Waals surface area contributed by atoms with Gasteiger partial charge in [-0.05, 0) is 31.5 Å². The molecule has 0 saturated carbocycles. The number of hydrogen-bond donors (Lipinski definition) is 1. The molecule has 0 bridgehead atoms. The first-order chi connectivity index (χ1) is 12.5. The number of aromatic nitrogens is 5. The van der Waals surface area contributed by atoms with Gasteiger partial charge in [0.05, 0.1) is 5.69 Å². The Balaban J connectivity index is 1.76. The summed E-state index contributed by atoms with van der Waals surface area (Å²) in [7, 11) is 0. The van der Waals surface area contributed by atoms with Gasteiger partial charge in [-0.2, -0.15) is 9.37 Å². The van der Waals surface area contributed by atoms with E-state index in [1.165, 1.54) is 12.3 Å². The van der Waals surface area contributed by atoms with Crippen LogP contribution in [-0.2, 0) is 0 Å². The van der Waals surface area contributed by atoms with Crippen molar-refractivity contribution in [2.24, 2.45) is 0 Å². The fraction of sp³-hybridized carbons (Fsp3) is 0.111. The van der Waals surface area contributed by atoms with Crippen molar-refractivity contribution in [3.05, 3.63) is 70.4 Å². The van der Waals surface area contributed by atoms with Crippen LogP contribution in [0, 0.1) is 19.8 Å². The number of halogens is 1. The fourth-order valence-electron chi connectivity index (χ4n) is 2.74. The zero-order valence-electron chi connectivity index (χ0n) is 14.0. The van der Waals surface area contributed by atoms with Crippen molar-refractivity contribution in [2.75, 3.05) is 0 Å². The molecule has 0 aliphatic carbocycles. The SMILES string of the molecule is Cc1cnc(F)cc1-c1nc(-c2cccc(-n3c(C)c[nH]c3=O)c2)no1. The molecule has 0 unspecified atom stereocenters. The van der Waals surface area contributed by atoms with Gasteiger partial charge in [0.2, 0.25) is 11.8 Å². The maximum atomic E-state index is 13.4. The molecule has 8 heteroatoms. The Morgan fingerprint density at radius 1 is 1.23 bits per heavy atom. The van der Waals surface area contributed by atoms with E-state index in [4.69, 9.17) is 4.52 Å². The summed E-state index contributed by atoms with van der Waals surface area (Å²) in [6.07, 6.45) is 3.05. The molecule has 26 heavy (non-hydrogen) atoms. The fourth-order valence-corrected chi connectivity index (χ4v) is 2.74. The van der Waals surface area contributed by atoms with Crippen LogP contribution in [0.3, 0.4) is 0 Å². The second-order valence-electron chi connectivity index (χ2n) is 5.87. The summed E-state index contributed by atoms with van der Waals surface area (Å²) < 4.78 is 20.2. The van der Waals surface area contributed by atoms with Crippen molar-refractivity contribution in [3.8, 4) is 28.5 Å². The number of aryl methyl sites for hydroxylation is 2. The highest BCUT2D eigenvalue weighted by molar-refractivity contribution is 5.63. The van der Waals surface area contributed by atoms with Crippen LogP contribution in [0.1, 0.15) is 11.3 Å². The number of benzene rings is 1. The molecule has 4 rings (SSSR count). The lowest BCUT2D eigenvalue weighted by Gasteiger charge is -2.05. The minimum Gasteiger partial charge on any atom is -0.334 e. The Kier molecular flexibility index (Phi) is 3.72. The van der Waals surface area contributed by atoms with Crippen molar-refractivity contribution in [2.45, 2.75) is 13.8 Å². The Labute approximate surface area is 147 Å². The first-order valence-electron chi connectivity index (χ1n) is 7.87. The van der Waals surface area contributed by atoms with Gasteiger partial charge in [-0.1, -0.05) is 17.3 Å². The number of H-pyrrole nitrogens is 1. The number of imidazole rings is 1. The Bertz CT molecular complexity index is 1160. The van der Waals surface area contributed by atoms with E-state index < -0.39 is 5.95 Å². The lowest BCUT2D eigenvalue weighted by Crippen LogP contribution is -2.15. The maximum Gasteiger partial charge on any atom is 0.330 e. The van der Waals surface area contributed by atoms with Crippen LogP contribution in [0.5, 0.6) is 0 Å². The van der Waals surface area contributed by atoms with Crippen molar-refractivity contribution in [1.82, 2.24) is 24.7 Å². The maximum absolute atomic E-state index is 13.4. The normalized spacial score (nSPS) is 11.0. The highest BCUT2D eigenvalue weighted by Crippen LogP contribution is 2.25. The van der Waals surface area contributed by atoms with Crippen molar-refractivity contribution in [3.63, 3.8) is 0 Å². The molecule has 0 atom stereocenters. The molecule has 7 nitrogen and oxygen atoms in total. The zero-order chi connectivity index (χ0) is 18.3. The molecule has 0 radical (unpaired) electrons. The third kappa shape index (κ3) is 2.71. The molecule has 0 fully saturated rings. The molecule has 1 N–H and O–H groups in total. The van der Waals surface area contributed by atoms with Gasteiger partial charge < -0.3 is 9.51 Å². The molecule has 4 aromatic rings. The molecule has 3 aromatic heterocycles. The summed E-state index contributed by atoms with van der Waals surface area (Å²) in [4.78, 5) is 22.6. The first kappa shape index (κ1) is 15.9. The molecule has 0 amide bonds. The predicted molar refractivity (Wildman–Crippen MR) is 92.3 cm³/mol. The van der Waals surface area contributed by atoms with Gasteiger partial charge in [0.1, 0.15) is 0 Å². The molecule has 0 spiro atoms. The van der Waals surface area contributed by atoms with Crippen molar-refractivity contribution in [1.29, 1.82) is 0 Å². The third-order valence-corrected chi connectivity index (χ3v) is 4.05. The second-order valence-corrected chi connectivity index (χ2v) is 5.87. The molecule has 0 aliphatic rings. The monoisotopic (exact) mass is 351 g/mol. The zero-order valence-corrected chi connectivity index (χ0v) is 14.0. The van der Waals surface area contributed by atoms with Crippen LogP contribution in [0.15, 0.2) is 52.0 Å². The molecule has 3 heterocycles. The van der Waals surface area contributed by atoms with Gasteiger partial charge in [0, 0.05) is 35.3 Å². The average molecular weight is 351 g/mol. The Morgan fingerprint density at radius 2 is 2.08 bits per heavy atom. The van der Waals surface area contributed by atoms with E-state index in [-0.39, 0.29) is 11.6 Å². The number of pyridine rings is 1. The Hall–Kier alpha value is -3.55. The van der Waals surface area contributed by atoms with E-state index in [2.05, 4.69) is 20.1 Å². The summed E-state index contributed by atoms with van der Waals surface area (Å²) in [5.41, 5.74) is 3.14. The van der Waals surface area contributed by atoms with Crippen LogP contribution < -0.4 is 5.69 Å². The van der Waals surface area contributed by atoms with Crippen molar-refractivity contribution < 1.29 is 8.91 Å². The summed E-state index contributed by atoms with van der Waals surface area (Å²) in [5.74, 6) is -0.0615. The highest BCUT2D eigenvalue weighted by Gasteiger charge is 2.15. The van der Waals surface area contributed by atoms with Crippen LogP contribution in [0.2, 0.25) is 0 Å². The van der Waals surface area contributed by atoms with E-state index in [9.17, 15) is 9.18 Å². The summed E-state index contributed by atoms with van der Waals surface area (Å²) in [6, 6.07) is 8.47.